The van der Waals surface area contributed by atoms with E-state index in [0.29, 0.717) is 6.10 Å². The minimum Gasteiger partial charge on any atom is -0.373 e. The second-order valence-electron chi connectivity index (χ2n) is 6.88. The topological polar surface area (TPSA) is 12.5 Å². The van der Waals surface area contributed by atoms with Crippen molar-refractivity contribution in [1.82, 2.24) is 0 Å². The average Bonchev–Trinajstić information content (AvgIpc) is 3.03. The first kappa shape index (κ1) is 15.2. The molecule has 0 bridgehead atoms. The van der Waals surface area contributed by atoms with Gasteiger partial charge >= 0.3 is 0 Å². The molecule has 1 aliphatic heterocycles. The number of rotatable bonds is 11. The summed E-state index contributed by atoms with van der Waals surface area (Å²) in [5.41, 5.74) is 0. The van der Waals surface area contributed by atoms with Crippen molar-refractivity contribution in [2.24, 2.45) is 0 Å². The fourth-order valence-electron chi connectivity index (χ4n) is 2.32. The third-order valence-corrected chi connectivity index (χ3v) is 5.46. The van der Waals surface area contributed by atoms with Crippen molar-refractivity contribution in [2.45, 2.75) is 89.6 Å². The van der Waals surface area contributed by atoms with Gasteiger partial charge in [0.05, 0.1) is 12.7 Å². The van der Waals surface area contributed by atoms with Crippen LogP contribution in [0.25, 0.3) is 0 Å². The summed E-state index contributed by atoms with van der Waals surface area (Å²) in [4.78, 5) is 0. The number of hydrogen-bond acceptors (Lipinski definition) is 1. The van der Waals surface area contributed by atoms with Gasteiger partial charge in [-0.15, -0.1) is 0 Å². The molecular formula is C15H32OSi. The van der Waals surface area contributed by atoms with Crippen LogP contribution in [0.5, 0.6) is 0 Å². The summed E-state index contributed by atoms with van der Waals surface area (Å²) in [6, 6.07) is 1.52. The molecule has 0 aliphatic carbocycles. The van der Waals surface area contributed by atoms with E-state index in [9.17, 15) is 0 Å². The largest absolute Gasteiger partial charge is 0.373 e. The lowest BCUT2D eigenvalue weighted by atomic mass is 10.1. The van der Waals surface area contributed by atoms with Gasteiger partial charge in [-0.05, 0) is 6.42 Å². The quantitative estimate of drug-likeness (QED) is 0.280. The summed E-state index contributed by atoms with van der Waals surface area (Å²) in [5, 5.41) is 0. The zero-order chi connectivity index (χ0) is 12.6. The summed E-state index contributed by atoms with van der Waals surface area (Å²) in [7, 11) is -0.760. The molecule has 17 heavy (non-hydrogen) atoms. The second kappa shape index (κ2) is 8.31. The van der Waals surface area contributed by atoms with Crippen LogP contribution in [-0.4, -0.2) is 20.8 Å². The lowest BCUT2D eigenvalue weighted by Gasteiger charge is -2.14. The van der Waals surface area contributed by atoms with E-state index in [-0.39, 0.29) is 0 Å². The first-order valence-electron chi connectivity index (χ1n) is 7.69. The Morgan fingerprint density at radius 1 is 0.824 bits per heavy atom. The molecule has 0 aromatic carbocycles. The van der Waals surface area contributed by atoms with Crippen LogP contribution in [-0.2, 0) is 4.74 Å². The average molecular weight is 257 g/mol. The minimum absolute atomic E-state index is 0.650. The first-order valence-corrected chi connectivity index (χ1v) is 11.4. The standard InChI is InChI=1S/C15H32OSi/c1-17(2,3)13-11-9-7-5-4-6-8-10-12-15-14-16-15/h15H,4-14H2,1-3H3. The lowest BCUT2D eigenvalue weighted by Crippen LogP contribution is -2.18. The maximum absolute atomic E-state index is 5.21. The summed E-state index contributed by atoms with van der Waals surface area (Å²) < 4.78 is 5.21. The van der Waals surface area contributed by atoms with Gasteiger partial charge in [0.25, 0.3) is 0 Å². The van der Waals surface area contributed by atoms with E-state index in [2.05, 4.69) is 19.6 Å². The van der Waals surface area contributed by atoms with Crippen molar-refractivity contribution in [1.29, 1.82) is 0 Å². The van der Waals surface area contributed by atoms with E-state index >= 15 is 0 Å². The Balaban J connectivity index is 1.69. The molecule has 1 rings (SSSR count). The molecule has 0 amide bonds. The minimum atomic E-state index is -0.760. The molecule has 0 N–H and O–H groups in total. The van der Waals surface area contributed by atoms with Crippen molar-refractivity contribution in [3.63, 3.8) is 0 Å². The zero-order valence-electron chi connectivity index (χ0n) is 12.3. The molecule has 1 atom stereocenters. The van der Waals surface area contributed by atoms with Crippen molar-refractivity contribution in [3.8, 4) is 0 Å². The van der Waals surface area contributed by atoms with Crippen LogP contribution < -0.4 is 0 Å². The third kappa shape index (κ3) is 11.0. The molecule has 102 valence electrons. The Morgan fingerprint density at radius 3 is 1.76 bits per heavy atom. The van der Waals surface area contributed by atoms with Gasteiger partial charge in [0.15, 0.2) is 0 Å². The summed E-state index contributed by atoms with van der Waals surface area (Å²) in [6.07, 6.45) is 13.6. The second-order valence-corrected chi connectivity index (χ2v) is 12.5. The Labute approximate surface area is 109 Å². The molecule has 0 aromatic rings. The Kier molecular flexibility index (Phi) is 7.45. The molecule has 0 aromatic heterocycles. The van der Waals surface area contributed by atoms with Crippen molar-refractivity contribution < 1.29 is 4.74 Å². The molecule has 1 saturated heterocycles. The molecule has 0 saturated carbocycles. The van der Waals surface area contributed by atoms with E-state index < -0.39 is 8.07 Å². The monoisotopic (exact) mass is 256 g/mol. The lowest BCUT2D eigenvalue weighted by molar-refractivity contribution is 0.387. The molecule has 0 spiro atoms. The van der Waals surface area contributed by atoms with Gasteiger partial charge in [0.1, 0.15) is 0 Å². The smallest absolute Gasteiger partial charge is 0.0810 e. The predicted molar refractivity (Wildman–Crippen MR) is 79.4 cm³/mol. The van der Waals surface area contributed by atoms with Crippen LogP contribution in [0, 0.1) is 0 Å². The van der Waals surface area contributed by atoms with Crippen LogP contribution in [0.2, 0.25) is 25.7 Å². The van der Waals surface area contributed by atoms with Crippen LogP contribution in [0.15, 0.2) is 0 Å². The van der Waals surface area contributed by atoms with E-state index in [0.717, 1.165) is 6.61 Å². The van der Waals surface area contributed by atoms with E-state index in [1.54, 1.807) is 0 Å². The highest BCUT2D eigenvalue weighted by Gasteiger charge is 2.20. The molecule has 2 heteroatoms. The maximum Gasteiger partial charge on any atom is 0.0810 e. The van der Waals surface area contributed by atoms with Crippen molar-refractivity contribution in [2.75, 3.05) is 6.61 Å². The molecule has 1 heterocycles. The van der Waals surface area contributed by atoms with Gasteiger partial charge in [-0.1, -0.05) is 77.1 Å². The van der Waals surface area contributed by atoms with Gasteiger partial charge in [-0.25, -0.2) is 0 Å². The Hall–Kier alpha value is 0.177. The maximum atomic E-state index is 5.21. The van der Waals surface area contributed by atoms with Crippen LogP contribution in [0.3, 0.4) is 0 Å². The van der Waals surface area contributed by atoms with Crippen LogP contribution in [0.1, 0.15) is 57.8 Å². The van der Waals surface area contributed by atoms with Crippen molar-refractivity contribution >= 4 is 8.07 Å². The molecule has 1 unspecified atom stereocenters. The zero-order valence-corrected chi connectivity index (χ0v) is 13.3. The molecule has 0 radical (unpaired) electrons. The summed E-state index contributed by atoms with van der Waals surface area (Å²) in [6.45, 7) is 8.49. The number of epoxide rings is 1. The fourth-order valence-corrected chi connectivity index (χ4v) is 3.63. The Bertz CT molecular complexity index is 182. The normalized spacial score (nSPS) is 19.6. The molecule has 1 fully saturated rings. The van der Waals surface area contributed by atoms with E-state index in [4.69, 9.17) is 4.74 Å². The predicted octanol–water partition coefficient (Wildman–Crippen LogP) is 5.23. The number of hydrogen-bond donors (Lipinski definition) is 0. The molecular weight excluding hydrogens is 224 g/mol. The first-order chi connectivity index (χ1) is 8.08. The SMILES string of the molecule is C[Si](C)(C)CCCCCCCCCCC1CO1. The number of unbranched alkanes of at least 4 members (excludes halogenated alkanes) is 7. The van der Waals surface area contributed by atoms with Gasteiger partial charge in [-0.2, -0.15) is 0 Å². The van der Waals surface area contributed by atoms with Crippen LogP contribution >= 0.6 is 0 Å². The van der Waals surface area contributed by atoms with Gasteiger partial charge < -0.3 is 4.74 Å². The highest BCUT2D eigenvalue weighted by Crippen LogP contribution is 2.19. The Morgan fingerprint density at radius 2 is 1.29 bits per heavy atom. The summed E-state index contributed by atoms with van der Waals surface area (Å²) in [5.74, 6) is 0. The van der Waals surface area contributed by atoms with Gasteiger partial charge in [0, 0.05) is 8.07 Å². The van der Waals surface area contributed by atoms with Crippen LogP contribution in [0.4, 0.5) is 0 Å². The fraction of sp³-hybridized carbons (Fsp3) is 1.00. The van der Waals surface area contributed by atoms with E-state index in [1.807, 2.05) is 0 Å². The molecule has 1 aliphatic rings. The highest BCUT2D eigenvalue weighted by atomic mass is 28.3. The highest BCUT2D eigenvalue weighted by molar-refractivity contribution is 6.76. The number of ether oxygens (including phenoxy) is 1. The van der Waals surface area contributed by atoms with E-state index in [1.165, 1.54) is 63.8 Å². The molecule has 1 nitrogen and oxygen atoms in total. The summed E-state index contributed by atoms with van der Waals surface area (Å²) >= 11 is 0. The van der Waals surface area contributed by atoms with Crippen molar-refractivity contribution in [3.05, 3.63) is 0 Å². The third-order valence-electron chi connectivity index (χ3n) is 3.61. The van der Waals surface area contributed by atoms with Gasteiger partial charge in [-0.3, -0.25) is 0 Å². The van der Waals surface area contributed by atoms with Gasteiger partial charge in [0.2, 0.25) is 0 Å².